The van der Waals surface area contributed by atoms with E-state index in [9.17, 15) is 4.79 Å². The molecule has 220 valence electrons. The summed E-state index contributed by atoms with van der Waals surface area (Å²) >= 11 is 0. The Labute approximate surface area is 246 Å². The first-order valence-corrected chi connectivity index (χ1v) is 14.0. The van der Waals surface area contributed by atoms with Crippen molar-refractivity contribution in [2.45, 2.75) is 26.4 Å². The molecule has 2 aromatic heterocycles. The molecule has 2 aromatic carbocycles. The number of fused-ring (bicyclic) bond motifs is 3. The van der Waals surface area contributed by atoms with Crippen LogP contribution >= 0.6 is 0 Å². The van der Waals surface area contributed by atoms with Crippen LogP contribution in [0.2, 0.25) is 0 Å². The van der Waals surface area contributed by atoms with Gasteiger partial charge in [-0.25, -0.2) is 14.5 Å². The fourth-order valence-electron chi connectivity index (χ4n) is 4.96. The maximum Gasteiger partial charge on any atom is 0.343 e. The molecule has 42 heavy (non-hydrogen) atoms. The van der Waals surface area contributed by atoms with Gasteiger partial charge in [-0.1, -0.05) is 24.3 Å². The first-order valence-electron chi connectivity index (χ1n) is 14.0. The third-order valence-electron chi connectivity index (χ3n) is 7.13. The molecule has 1 aliphatic rings. The van der Waals surface area contributed by atoms with Crippen LogP contribution in [0.5, 0.6) is 5.75 Å². The Morgan fingerprint density at radius 3 is 2.60 bits per heavy atom. The molecule has 0 amide bonds. The number of aromatic nitrogens is 4. The lowest BCUT2D eigenvalue weighted by Gasteiger charge is -2.25. The topological polar surface area (TPSA) is 110 Å². The normalized spacial score (nSPS) is 11.8. The van der Waals surface area contributed by atoms with Crippen molar-refractivity contribution in [3.8, 4) is 22.7 Å². The molecule has 0 spiro atoms. The number of nitrogens with zero attached hydrogens (tertiary/aromatic N) is 6. The molecule has 0 atom stereocenters. The van der Waals surface area contributed by atoms with Crippen LogP contribution < -0.4 is 20.3 Å². The fraction of sp³-hybridized carbons (Fsp3) is 0.355. The van der Waals surface area contributed by atoms with Gasteiger partial charge in [0.1, 0.15) is 11.3 Å². The average molecular weight is 571 g/mol. The summed E-state index contributed by atoms with van der Waals surface area (Å²) in [6.45, 7) is 5.37. The maximum atomic E-state index is 13.1. The van der Waals surface area contributed by atoms with E-state index in [1.807, 2.05) is 37.5 Å². The Morgan fingerprint density at radius 2 is 1.88 bits per heavy atom. The van der Waals surface area contributed by atoms with Crippen LogP contribution in [0.4, 0.5) is 23.0 Å². The highest BCUT2D eigenvalue weighted by Gasteiger charge is 2.26. The Balaban J connectivity index is 1.52. The minimum Gasteiger partial charge on any atom is -0.494 e. The summed E-state index contributed by atoms with van der Waals surface area (Å²) in [6, 6.07) is 12.2. The molecule has 0 saturated carbocycles. The van der Waals surface area contributed by atoms with Gasteiger partial charge in [0.2, 0.25) is 5.95 Å². The molecule has 11 heteroatoms. The standard InChI is InChI=1S/C31H38N8O3/c1-19(2)42-30(40)22-17-33-31(35-29(22)39-18-23-21-11-9-8-10-20(21)14-24(23)36-39)34-26-15-25(32-3)27(16-28(26)41-7)38(6)13-12-37(4)5/h8-11,15-19,32H,12-14H2,1-7H3,(H,33,34,35). The summed E-state index contributed by atoms with van der Waals surface area (Å²) < 4.78 is 12.9. The SMILES string of the molecule is CNc1cc(Nc2ncc(C(=O)OC(C)C)c(-n3cc4c(n3)Cc3ccccc3-4)n2)c(OC)cc1N(C)CCN(C)C. The van der Waals surface area contributed by atoms with Crippen molar-refractivity contribution >= 4 is 29.0 Å². The molecule has 2 N–H and O–H groups in total. The Bertz CT molecular complexity index is 1600. The van der Waals surface area contributed by atoms with E-state index in [-0.39, 0.29) is 17.6 Å². The molecule has 0 fully saturated rings. The van der Waals surface area contributed by atoms with Gasteiger partial charge in [-0.15, -0.1) is 0 Å². The van der Waals surface area contributed by atoms with Crippen LogP contribution in [0.25, 0.3) is 16.9 Å². The number of ether oxygens (including phenoxy) is 2. The Hall–Kier alpha value is -4.64. The van der Waals surface area contributed by atoms with E-state index in [2.05, 4.69) is 58.7 Å². The van der Waals surface area contributed by atoms with E-state index in [1.165, 1.54) is 11.8 Å². The van der Waals surface area contributed by atoms with Crippen LogP contribution in [0, 0.1) is 0 Å². The van der Waals surface area contributed by atoms with Gasteiger partial charge in [0.15, 0.2) is 5.82 Å². The number of hydrogen-bond acceptors (Lipinski definition) is 10. The van der Waals surface area contributed by atoms with Crippen LogP contribution in [0.1, 0.15) is 35.5 Å². The maximum absolute atomic E-state index is 13.1. The summed E-state index contributed by atoms with van der Waals surface area (Å²) in [7, 11) is 9.67. The smallest absolute Gasteiger partial charge is 0.343 e. The zero-order valence-electron chi connectivity index (χ0n) is 25.2. The number of hydrogen-bond donors (Lipinski definition) is 2. The van der Waals surface area contributed by atoms with E-state index in [0.717, 1.165) is 47.7 Å². The van der Waals surface area contributed by atoms with E-state index in [1.54, 1.807) is 25.6 Å². The molecule has 0 saturated heterocycles. The molecule has 1 aliphatic carbocycles. The fourth-order valence-corrected chi connectivity index (χ4v) is 4.96. The first kappa shape index (κ1) is 28.9. The molecule has 0 aliphatic heterocycles. The van der Waals surface area contributed by atoms with Crippen molar-refractivity contribution in [1.82, 2.24) is 24.6 Å². The monoisotopic (exact) mass is 570 g/mol. The number of carbonyl (C=O) groups is 1. The van der Waals surface area contributed by atoms with E-state index in [4.69, 9.17) is 19.6 Å². The first-order chi connectivity index (χ1) is 20.2. The molecule has 11 nitrogen and oxygen atoms in total. The number of nitrogens with one attached hydrogen (secondary N) is 2. The predicted octanol–water partition coefficient (Wildman–Crippen LogP) is 4.59. The summed E-state index contributed by atoms with van der Waals surface area (Å²) in [4.78, 5) is 26.6. The number of likely N-dealkylation sites (N-methyl/N-ethyl adjacent to an activating group) is 2. The minimum absolute atomic E-state index is 0.226. The molecule has 0 radical (unpaired) electrons. The van der Waals surface area contributed by atoms with E-state index >= 15 is 0 Å². The largest absolute Gasteiger partial charge is 0.494 e. The van der Waals surface area contributed by atoms with Gasteiger partial charge in [0.05, 0.1) is 36.0 Å². The highest BCUT2D eigenvalue weighted by Crippen LogP contribution is 2.38. The predicted molar refractivity (Wildman–Crippen MR) is 166 cm³/mol. The third-order valence-corrected chi connectivity index (χ3v) is 7.13. The number of carbonyl (C=O) groups excluding carboxylic acids is 1. The van der Waals surface area contributed by atoms with Crippen LogP contribution in [0.3, 0.4) is 0 Å². The second-order valence-electron chi connectivity index (χ2n) is 10.8. The number of esters is 1. The second-order valence-corrected chi connectivity index (χ2v) is 10.8. The van der Waals surface area contributed by atoms with Gasteiger partial charge in [-0.05, 0) is 45.1 Å². The van der Waals surface area contributed by atoms with Gasteiger partial charge in [-0.2, -0.15) is 10.1 Å². The van der Waals surface area contributed by atoms with Crippen LogP contribution in [0.15, 0.2) is 48.8 Å². The molecule has 4 aromatic rings. The number of anilines is 4. The summed E-state index contributed by atoms with van der Waals surface area (Å²) in [6.07, 6.45) is 3.82. The second kappa shape index (κ2) is 12.1. The van der Waals surface area contributed by atoms with Crippen molar-refractivity contribution in [2.75, 3.05) is 63.9 Å². The van der Waals surface area contributed by atoms with Crippen molar-refractivity contribution in [3.63, 3.8) is 0 Å². The molecule has 0 bridgehead atoms. The zero-order valence-corrected chi connectivity index (χ0v) is 25.2. The van der Waals surface area contributed by atoms with Crippen LogP contribution in [-0.4, -0.2) is 85.1 Å². The lowest BCUT2D eigenvalue weighted by atomic mass is 10.1. The van der Waals surface area contributed by atoms with E-state index < -0.39 is 5.97 Å². The van der Waals surface area contributed by atoms with E-state index in [0.29, 0.717) is 17.3 Å². The highest BCUT2D eigenvalue weighted by atomic mass is 16.5. The van der Waals surface area contributed by atoms with Gasteiger partial charge in [-0.3, -0.25) is 0 Å². The number of benzene rings is 2. The molecule has 5 rings (SSSR count). The lowest BCUT2D eigenvalue weighted by Crippen LogP contribution is -2.29. The lowest BCUT2D eigenvalue weighted by molar-refractivity contribution is 0.0377. The average Bonchev–Trinajstić information content (AvgIpc) is 3.53. The zero-order chi connectivity index (χ0) is 30.0. The molecule has 2 heterocycles. The van der Waals surface area contributed by atoms with Crippen molar-refractivity contribution in [3.05, 3.63) is 65.6 Å². The van der Waals surface area contributed by atoms with Gasteiger partial charge < -0.3 is 29.9 Å². The summed E-state index contributed by atoms with van der Waals surface area (Å²) in [5, 5.41) is 11.4. The Kier molecular flexibility index (Phi) is 8.30. The molecule has 0 unspecified atom stereocenters. The van der Waals surface area contributed by atoms with Gasteiger partial charge >= 0.3 is 5.97 Å². The van der Waals surface area contributed by atoms with Gasteiger partial charge in [0, 0.05) is 57.6 Å². The van der Waals surface area contributed by atoms with Crippen LogP contribution in [-0.2, 0) is 11.2 Å². The number of rotatable bonds is 11. The van der Waals surface area contributed by atoms with Crippen molar-refractivity contribution in [2.24, 2.45) is 0 Å². The molecular weight excluding hydrogens is 532 g/mol. The number of methoxy groups -OCH3 is 1. The quantitative estimate of drug-likeness (QED) is 0.219. The summed E-state index contributed by atoms with van der Waals surface area (Å²) in [5.41, 5.74) is 7.14. The van der Waals surface area contributed by atoms with Crippen molar-refractivity contribution < 1.29 is 14.3 Å². The third kappa shape index (κ3) is 5.87. The summed E-state index contributed by atoms with van der Waals surface area (Å²) in [5.74, 6) is 0.737. The Morgan fingerprint density at radius 1 is 1.10 bits per heavy atom. The van der Waals surface area contributed by atoms with Crippen molar-refractivity contribution in [1.29, 1.82) is 0 Å². The minimum atomic E-state index is -0.511. The highest BCUT2D eigenvalue weighted by molar-refractivity contribution is 5.93. The molecular formula is C31H38N8O3. The van der Waals surface area contributed by atoms with Gasteiger partial charge in [0.25, 0.3) is 0 Å².